The Labute approximate surface area is 102 Å². The number of rotatable bonds is 3. The average Bonchev–Trinajstić information content (AvgIpc) is 2.66. The number of nitrogen functional groups attached to an aromatic ring is 1. The van der Waals surface area contributed by atoms with E-state index in [2.05, 4.69) is 9.59 Å². The molecule has 4 nitrogen and oxygen atoms in total. The lowest BCUT2D eigenvalue weighted by molar-refractivity contribution is 0.302. The van der Waals surface area contributed by atoms with Crippen LogP contribution in [0.15, 0.2) is 18.2 Å². The first-order chi connectivity index (χ1) is 7.66. The van der Waals surface area contributed by atoms with Crippen LogP contribution >= 0.6 is 23.1 Å². The number of ether oxygens (including phenoxy) is 1. The van der Waals surface area contributed by atoms with Gasteiger partial charge in [0.15, 0.2) is 0 Å². The first-order valence-electron chi connectivity index (χ1n) is 4.62. The van der Waals surface area contributed by atoms with E-state index < -0.39 is 0 Å². The summed E-state index contributed by atoms with van der Waals surface area (Å²) in [6.45, 7) is 2.26. The predicted molar refractivity (Wildman–Crippen MR) is 64.8 cm³/mol. The molecule has 0 amide bonds. The van der Waals surface area contributed by atoms with Crippen LogP contribution in [0.3, 0.4) is 0 Å². The van der Waals surface area contributed by atoms with E-state index in [1.165, 1.54) is 0 Å². The average molecular weight is 256 g/mol. The van der Waals surface area contributed by atoms with Gasteiger partial charge in [-0.05, 0) is 24.6 Å². The molecule has 1 aromatic carbocycles. The maximum atomic E-state index is 5.99. The number of nitrogens with two attached hydrogens (primary N) is 1. The molecule has 0 spiro atoms. The van der Waals surface area contributed by atoms with Gasteiger partial charge in [0.05, 0.1) is 5.02 Å². The Morgan fingerprint density at radius 2 is 2.31 bits per heavy atom. The van der Waals surface area contributed by atoms with E-state index >= 15 is 0 Å². The highest BCUT2D eigenvalue weighted by atomic mass is 35.5. The zero-order valence-corrected chi connectivity index (χ0v) is 10.2. The molecule has 2 aromatic rings. The fourth-order valence-electron chi connectivity index (χ4n) is 1.18. The standard InChI is InChI=1S/C10H10ClN3OS/c1-6-2-3-7(11)9(4-6)15-5-8-10(12)16-14-13-8/h2-4H,5,12H2,1H3. The fraction of sp³-hybridized carbons (Fsp3) is 0.200. The Balaban J connectivity index is 2.10. The molecule has 16 heavy (non-hydrogen) atoms. The molecule has 0 aliphatic rings. The number of hydrogen-bond acceptors (Lipinski definition) is 5. The largest absolute Gasteiger partial charge is 0.486 e. The third-order valence-corrected chi connectivity index (χ3v) is 2.94. The van der Waals surface area contributed by atoms with Crippen LogP contribution in [0.4, 0.5) is 5.00 Å². The van der Waals surface area contributed by atoms with Gasteiger partial charge >= 0.3 is 0 Å². The first-order valence-corrected chi connectivity index (χ1v) is 5.77. The van der Waals surface area contributed by atoms with Gasteiger partial charge in [-0.2, -0.15) is 0 Å². The molecule has 2 rings (SSSR count). The predicted octanol–water partition coefficient (Wildman–Crippen LogP) is 2.66. The molecule has 0 atom stereocenters. The monoisotopic (exact) mass is 255 g/mol. The molecule has 0 fully saturated rings. The van der Waals surface area contributed by atoms with Crippen molar-refractivity contribution in [2.24, 2.45) is 0 Å². The third-order valence-electron chi connectivity index (χ3n) is 2.04. The highest BCUT2D eigenvalue weighted by Gasteiger charge is 2.07. The summed E-state index contributed by atoms with van der Waals surface area (Å²) in [5.74, 6) is 0.633. The number of nitrogens with zero attached hydrogens (tertiary/aromatic N) is 2. The van der Waals surface area contributed by atoms with Gasteiger partial charge in [-0.25, -0.2) is 0 Å². The maximum absolute atomic E-state index is 5.99. The van der Waals surface area contributed by atoms with Gasteiger partial charge in [-0.3, -0.25) is 0 Å². The highest BCUT2D eigenvalue weighted by molar-refractivity contribution is 7.09. The highest BCUT2D eigenvalue weighted by Crippen LogP contribution is 2.26. The minimum atomic E-state index is 0.283. The number of hydrogen-bond donors (Lipinski definition) is 1. The minimum absolute atomic E-state index is 0.283. The van der Waals surface area contributed by atoms with Crippen LogP contribution in [-0.4, -0.2) is 9.59 Å². The van der Waals surface area contributed by atoms with Crippen LogP contribution in [0.5, 0.6) is 5.75 Å². The Bertz CT molecular complexity index is 501. The lowest BCUT2D eigenvalue weighted by Crippen LogP contribution is -1.99. The normalized spacial score (nSPS) is 10.4. The molecular weight excluding hydrogens is 246 g/mol. The quantitative estimate of drug-likeness (QED) is 0.916. The van der Waals surface area contributed by atoms with Crippen LogP contribution < -0.4 is 10.5 Å². The molecular formula is C10H10ClN3OS. The van der Waals surface area contributed by atoms with Crippen LogP contribution in [-0.2, 0) is 6.61 Å². The third kappa shape index (κ3) is 2.43. The SMILES string of the molecule is Cc1ccc(Cl)c(OCc2nnsc2N)c1. The fourth-order valence-corrected chi connectivity index (χ4v) is 1.79. The molecule has 6 heteroatoms. The van der Waals surface area contributed by atoms with Gasteiger partial charge in [0.25, 0.3) is 0 Å². The van der Waals surface area contributed by atoms with Crippen LogP contribution in [0.25, 0.3) is 0 Å². The number of benzene rings is 1. The van der Waals surface area contributed by atoms with Crippen LogP contribution in [0, 0.1) is 6.92 Å². The van der Waals surface area contributed by atoms with Crippen molar-refractivity contribution in [3.63, 3.8) is 0 Å². The summed E-state index contributed by atoms with van der Waals surface area (Å²) in [7, 11) is 0. The molecule has 0 saturated heterocycles. The molecule has 0 aliphatic carbocycles. The molecule has 1 aromatic heterocycles. The van der Waals surface area contributed by atoms with Gasteiger partial charge in [0, 0.05) is 11.5 Å². The summed E-state index contributed by atoms with van der Waals surface area (Å²) in [6.07, 6.45) is 0. The lowest BCUT2D eigenvalue weighted by Gasteiger charge is -2.07. The lowest BCUT2D eigenvalue weighted by atomic mass is 10.2. The van der Waals surface area contributed by atoms with Gasteiger partial charge in [-0.1, -0.05) is 22.2 Å². The second-order valence-electron chi connectivity index (χ2n) is 3.31. The first kappa shape index (κ1) is 11.2. The zero-order valence-electron chi connectivity index (χ0n) is 8.61. The summed E-state index contributed by atoms with van der Waals surface area (Å²) >= 11 is 7.14. The summed E-state index contributed by atoms with van der Waals surface area (Å²) < 4.78 is 9.26. The van der Waals surface area contributed by atoms with Gasteiger partial charge in [0.2, 0.25) is 0 Å². The van der Waals surface area contributed by atoms with Gasteiger partial charge in [0.1, 0.15) is 23.1 Å². The topological polar surface area (TPSA) is 61.0 Å². The maximum Gasteiger partial charge on any atom is 0.138 e. The van der Waals surface area contributed by atoms with Crippen molar-refractivity contribution in [3.05, 3.63) is 34.5 Å². The van der Waals surface area contributed by atoms with E-state index in [1.807, 2.05) is 19.1 Å². The van der Waals surface area contributed by atoms with Crippen molar-refractivity contribution in [1.82, 2.24) is 9.59 Å². The minimum Gasteiger partial charge on any atom is -0.486 e. The molecule has 0 bridgehead atoms. The molecule has 84 valence electrons. The van der Waals surface area contributed by atoms with Crippen molar-refractivity contribution in [2.45, 2.75) is 13.5 Å². The number of aryl methyl sites for hydroxylation is 1. The molecule has 2 N–H and O–H groups in total. The van der Waals surface area contributed by atoms with E-state index in [-0.39, 0.29) is 6.61 Å². The van der Waals surface area contributed by atoms with Crippen molar-refractivity contribution >= 4 is 28.1 Å². The summed E-state index contributed by atoms with van der Waals surface area (Å²) in [4.78, 5) is 0. The Morgan fingerprint density at radius 3 is 3.00 bits per heavy atom. The van der Waals surface area contributed by atoms with Crippen molar-refractivity contribution in [2.75, 3.05) is 5.73 Å². The molecule has 1 heterocycles. The summed E-state index contributed by atoms with van der Waals surface area (Å²) in [5.41, 5.74) is 7.38. The van der Waals surface area contributed by atoms with Gasteiger partial charge in [-0.15, -0.1) is 5.10 Å². The van der Waals surface area contributed by atoms with E-state index in [0.717, 1.165) is 17.1 Å². The Morgan fingerprint density at radius 1 is 1.50 bits per heavy atom. The van der Waals surface area contributed by atoms with E-state index in [4.69, 9.17) is 22.1 Å². The number of halogens is 1. The Hall–Kier alpha value is -1.33. The molecule has 0 aliphatic heterocycles. The second kappa shape index (κ2) is 4.67. The molecule has 0 saturated carbocycles. The van der Waals surface area contributed by atoms with Crippen LogP contribution in [0.2, 0.25) is 5.02 Å². The van der Waals surface area contributed by atoms with Crippen molar-refractivity contribution in [3.8, 4) is 5.75 Å². The van der Waals surface area contributed by atoms with E-state index in [1.54, 1.807) is 6.07 Å². The van der Waals surface area contributed by atoms with E-state index in [0.29, 0.717) is 21.5 Å². The van der Waals surface area contributed by atoms with Crippen molar-refractivity contribution < 1.29 is 4.74 Å². The number of aromatic nitrogens is 2. The van der Waals surface area contributed by atoms with E-state index in [9.17, 15) is 0 Å². The van der Waals surface area contributed by atoms with Crippen molar-refractivity contribution in [1.29, 1.82) is 0 Å². The summed E-state index contributed by atoms with van der Waals surface area (Å²) in [6, 6.07) is 5.60. The summed E-state index contributed by atoms with van der Waals surface area (Å²) in [5, 5.41) is 5.01. The number of anilines is 1. The molecule has 0 unspecified atom stereocenters. The second-order valence-corrected chi connectivity index (χ2v) is 4.50. The van der Waals surface area contributed by atoms with Gasteiger partial charge < -0.3 is 10.5 Å². The Kier molecular flexibility index (Phi) is 3.26. The smallest absolute Gasteiger partial charge is 0.138 e. The zero-order chi connectivity index (χ0) is 11.5. The van der Waals surface area contributed by atoms with Crippen LogP contribution in [0.1, 0.15) is 11.3 Å². The molecule has 0 radical (unpaired) electrons.